The number of amides is 1. The Morgan fingerprint density at radius 1 is 1.29 bits per heavy atom. The molecule has 0 aliphatic heterocycles. The van der Waals surface area contributed by atoms with Crippen molar-refractivity contribution in [2.45, 2.75) is 4.90 Å². The molecule has 0 fully saturated rings. The number of rotatable bonds is 3. The zero-order valence-corrected chi connectivity index (χ0v) is 12.2. The predicted molar refractivity (Wildman–Crippen MR) is 79.7 cm³/mol. The average Bonchev–Trinajstić information content (AvgIpc) is 2.98. The molecule has 108 valence electrons. The Morgan fingerprint density at radius 3 is 2.62 bits per heavy atom. The molecule has 1 aromatic carbocycles. The number of hydrogen-bond donors (Lipinski definition) is 3. The van der Waals surface area contributed by atoms with E-state index in [2.05, 4.69) is 15.3 Å². The van der Waals surface area contributed by atoms with Crippen LogP contribution < -0.4 is 10.5 Å². The number of carbonyl (C=O) groups excluding carboxylic acids is 1. The van der Waals surface area contributed by atoms with Crippen LogP contribution in [0, 0.1) is 0 Å². The molecule has 9 heteroatoms. The Labute approximate surface area is 123 Å². The summed E-state index contributed by atoms with van der Waals surface area (Å²) in [7, 11) is -3.74. The summed E-state index contributed by atoms with van der Waals surface area (Å²) in [5.74, 6) is -0.330. The molecule has 1 amide bonds. The van der Waals surface area contributed by atoms with Crippen molar-refractivity contribution in [3.63, 3.8) is 0 Å². The number of carbonyl (C=O) groups is 1. The lowest BCUT2D eigenvalue weighted by Crippen LogP contribution is -2.14. The first-order valence-corrected chi connectivity index (χ1v) is 8.22. The normalized spacial score (nSPS) is 11.7. The van der Waals surface area contributed by atoms with Gasteiger partial charge in [-0.3, -0.25) is 4.79 Å². The second kappa shape index (κ2) is 4.95. The number of hydrogen-bond acceptors (Lipinski definition) is 5. The Bertz CT molecular complexity index is 881. The van der Waals surface area contributed by atoms with Crippen molar-refractivity contribution in [3.8, 4) is 0 Å². The number of nitrogens with two attached hydrogens (primary N) is 1. The van der Waals surface area contributed by atoms with Crippen LogP contribution in [0.2, 0.25) is 0 Å². The van der Waals surface area contributed by atoms with Crippen molar-refractivity contribution >= 4 is 43.3 Å². The fraction of sp³-hybridized carbons (Fsp3) is 0. The van der Waals surface area contributed by atoms with Crippen LogP contribution in [0.3, 0.4) is 0 Å². The lowest BCUT2D eigenvalue weighted by molar-refractivity contribution is 0.102. The molecule has 4 N–H and O–H groups in total. The van der Waals surface area contributed by atoms with E-state index in [0.29, 0.717) is 17.0 Å². The highest BCUT2D eigenvalue weighted by molar-refractivity contribution is 7.89. The number of nitrogens with zero attached hydrogens (tertiary/aromatic N) is 1. The zero-order valence-electron chi connectivity index (χ0n) is 10.5. The minimum atomic E-state index is -3.74. The highest BCUT2D eigenvalue weighted by atomic mass is 32.2. The van der Waals surface area contributed by atoms with E-state index in [9.17, 15) is 13.2 Å². The van der Waals surface area contributed by atoms with E-state index < -0.39 is 10.0 Å². The third kappa shape index (κ3) is 2.79. The van der Waals surface area contributed by atoms with Crippen LogP contribution in [0.4, 0.5) is 5.69 Å². The van der Waals surface area contributed by atoms with Crippen molar-refractivity contribution in [2.75, 3.05) is 5.32 Å². The van der Waals surface area contributed by atoms with Gasteiger partial charge in [0, 0.05) is 5.69 Å². The maximum absolute atomic E-state index is 12.1. The van der Waals surface area contributed by atoms with Crippen LogP contribution in [0.25, 0.3) is 10.3 Å². The Hall–Kier alpha value is -2.23. The molecule has 0 aliphatic rings. The van der Waals surface area contributed by atoms with Crippen LogP contribution in [-0.4, -0.2) is 24.3 Å². The summed E-state index contributed by atoms with van der Waals surface area (Å²) in [6.07, 6.45) is 0. The molecule has 0 spiro atoms. The van der Waals surface area contributed by atoms with Crippen LogP contribution in [-0.2, 0) is 10.0 Å². The molecule has 0 saturated carbocycles. The number of thiazole rings is 1. The lowest BCUT2D eigenvalue weighted by Gasteiger charge is -2.04. The first-order chi connectivity index (χ1) is 9.93. The van der Waals surface area contributed by atoms with Gasteiger partial charge < -0.3 is 10.3 Å². The Kier molecular flexibility index (Phi) is 3.24. The maximum Gasteiger partial charge on any atom is 0.272 e. The molecule has 2 aromatic heterocycles. The highest BCUT2D eigenvalue weighted by Crippen LogP contribution is 2.19. The van der Waals surface area contributed by atoms with E-state index >= 15 is 0 Å². The van der Waals surface area contributed by atoms with E-state index in [1.807, 2.05) is 0 Å². The van der Waals surface area contributed by atoms with Gasteiger partial charge in [-0.05, 0) is 30.3 Å². The van der Waals surface area contributed by atoms with Gasteiger partial charge in [0.25, 0.3) is 5.91 Å². The van der Waals surface area contributed by atoms with Gasteiger partial charge in [0.1, 0.15) is 11.3 Å². The third-order valence-corrected chi connectivity index (χ3v) is 4.51. The number of fused-ring (bicyclic) bond motifs is 1. The number of primary sulfonamides is 1. The molecule has 0 saturated heterocycles. The van der Waals surface area contributed by atoms with Crippen LogP contribution in [0.1, 0.15) is 10.5 Å². The van der Waals surface area contributed by atoms with Crippen molar-refractivity contribution in [3.05, 3.63) is 41.5 Å². The summed E-state index contributed by atoms with van der Waals surface area (Å²) in [6, 6.07) is 7.32. The number of nitrogens with one attached hydrogen (secondary N) is 2. The van der Waals surface area contributed by atoms with E-state index in [1.165, 1.54) is 35.6 Å². The minimum Gasteiger partial charge on any atom is -0.334 e. The van der Waals surface area contributed by atoms with Crippen LogP contribution in [0.15, 0.2) is 40.7 Å². The molecule has 0 radical (unpaired) electrons. The zero-order chi connectivity index (χ0) is 15.0. The molecule has 0 aliphatic carbocycles. The van der Waals surface area contributed by atoms with Crippen LogP contribution >= 0.6 is 11.3 Å². The third-order valence-electron chi connectivity index (χ3n) is 2.81. The Balaban J connectivity index is 1.80. The van der Waals surface area contributed by atoms with Gasteiger partial charge in [-0.15, -0.1) is 11.3 Å². The van der Waals surface area contributed by atoms with E-state index in [1.54, 1.807) is 11.6 Å². The molecule has 21 heavy (non-hydrogen) atoms. The second-order valence-electron chi connectivity index (χ2n) is 4.27. The molecular weight excluding hydrogens is 312 g/mol. The topological polar surface area (TPSA) is 118 Å². The number of benzene rings is 1. The minimum absolute atomic E-state index is 0.00918. The SMILES string of the molecule is NS(=O)(=O)c1ccc(NC(=O)c2cc3scnc3[nH]2)cc1. The van der Waals surface area contributed by atoms with E-state index in [4.69, 9.17) is 5.14 Å². The molecule has 0 bridgehead atoms. The summed E-state index contributed by atoms with van der Waals surface area (Å²) in [5, 5.41) is 7.66. The predicted octanol–water partition coefficient (Wildman–Crippen LogP) is 1.52. The summed E-state index contributed by atoms with van der Waals surface area (Å²) in [6.45, 7) is 0. The van der Waals surface area contributed by atoms with Crippen molar-refractivity contribution in [1.82, 2.24) is 9.97 Å². The molecule has 2 heterocycles. The van der Waals surface area contributed by atoms with Gasteiger partial charge in [0.05, 0.1) is 15.1 Å². The molecule has 0 unspecified atom stereocenters. The molecular formula is C12H10N4O3S2. The standard InChI is InChI=1S/C12H10N4O3S2/c13-21(18,19)8-3-1-7(2-4-8)15-12(17)9-5-10-11(16-9)14-6-20-10/h1-6,16H,(H,15,17)(H2,13,18,19). The van der Waals surface area contributed by atoms with Gasteiger partial charge in [0.2, 0.25) is 10.0 Å². The number of aromatic nitrogens is 2. The summed E-state index contributed by atoms with van der Waals surface area (Å²) in [4.78, 5) is 19.0. The van der Waals surface area contributed by atoms with Gasteiger partial charge in [-0.25, -0.2) is 18.5 Å². The molecule has 7 nitrogen and oxygen atoms in total. The van der Waals surface area contributed by atoms with Crippen molar-refractivity contribution in [2.24, 2.45) is 5.14 Å². The number of anilines is 1. The van der Waals surface area contributed by atoms with Gasteiger partial charge in [-0.2, -0.15) is 0 Å². The van der Waals surface area contributed by atoms with Gasteiger partial charge in [0.15, 0.2) is 0 Å². The quantitative estimate of drug-likeness (QED) is 0.677. The summed E-state index contributed by atoms with van der Waals surface area (Å²) in [5.41, 5.74) is 3.21. The fourth-order valence-electron chi connectivity index (χ4n) is 1.79. The summed E-state index contributed by atoms with van der Waals surface area (Å²) >= 11 is 1.43. The number of H-pyrrole nitrogens is 1. The van der Waals surface area contributed by atoms with Crippen molar-refractivity contribution in [1.29, 1.82) is 0 Å². The summed E-state index contributed by atoms with van der Waals surface area (Å²) < 4.78 is 23.2. The van der Waals surface area contributed by atoms with Gasteiger partial charge >= 0.3 is 0 Å². The average molecular weight is 322 g/mol. The van der Waals surface area contributed by atoms with Crippen LogP contribution in [0.5, 0.6) is 0 Å². The van der Waals surface area contributed by atoms with Gasteiger partial charge in [-0.1, -0.05) is 0 Å². The van der Waals surface area contributed by atoms with Crippen molar-refractivity contribution < 1.29 is 13.2 Å². The fourth-order valence-corrected chi connectivity index (χ4v) is 2.98. The molecule has 3 rings (SSSR count). The van der Waals surface area contributed by atoms with E-state index in [-0.39, 0.29) is 10.8 Å². The first kappa shape index (κ1) is 13.7. The number of sulfonamides is 1. The number of aromatic amines is 1. The van der Waals surface area contributed by atoms with E-state index in [0.717, 1.165) is 4.70 Å². The molecule has 0 atom stereocenters. The highest BCUT2D eigenvalue weighted by Gasteiger charge is 2.12. The molecule has 3 aromatic rings. The monoisotopic (exact) mass is 322 g/mol. The Morgan fingerprint density at radius 2 is 2.00 bits per heavy atom. The second-order valence-corrected chi connectivity index (χ2v) is 6.72. The first-order valence-electron chi connectivity index (χ1n) is 5.80. The maximum atomic E-state index is 12.1. The lowest BCUT2D eigenvalue weighted by atomic mass is 10.3. The largest absolute Gasteiger partial charge is 0.334 e. The smallest absolute Gasteiger partial charge is 0.272 e.